The number of rotatable bonds is 5. The molecule has 10 heteroatoms. The van der Waals surface area contributed by atoms with E-state index in [2.05, 4.69) is 10.00 Å². The molecule has 2 aromatic heterocycles. The van der Waals surface area contributed by atoms with Crippen LogP contribution in [0.25, 0.3) is 0 Å². The SMILES string of the molecule is CCn1cnn(CN2CCN(S(=O)(=O)c3cccs3)CC2)c1=S. The van der Waals surface area contributed by atoms with Crippen molar-refractivity contribution in [2.24, 2.45) is 0 Å². The van der Waals surface area contributed by atoms with Crippen molar-refractivity contribution < 1.29 is 8.42 Å². The fourth-order valence-electron chi connectivity index (χ4n) is 2.52. The lowest BCUT2D eigenvalue weighted by molar-refractivity contribution is 0.144. The third-order valence-corrected chi connectivity index (χ3v) is 7.61. The zero-order valence-electron chi connectivity index (χ0n) is 12.8. The van der Waals surface area contributed by atoms with Gasteiger partial charge >= 0.3 is 0 Å². The Bertz CT molecular complexity index is 801. The van der Waals surface area contributed by atoms with Crippen LogP contribution in [-0.2, 0) is 23.2 Å². The molecule has 3 heterocycles. The highest BCUT2D eigenvalue weighted by atomic mass is 32.2. The number of aryl methyl sites for hydroxylation is 1. The molecule has 0 N–H and O–H groups in total. The van der Waals surface area contributed by atoms with Gasteiger partial charge in [0, 0.05) is 32.7 Å². The molecule has 0 aromatic carbocycles. The standard InChI is InChI=1S/C13H19N5O2S3/c1-2-16-10-14-18(13(16)21)11-15-5-7-17(8-6-15)23(19,20)12-4-3-9-22-12/h3-4,9-10H,2,5-8,11H2,1H3. The monoisotopic (exact) mass is 373 g/mol. The fourth-order valence-corrected chi connectivity index (χ4v) is 5.37. The lowest BCUT2D eigenvalue weighted by Crippen LogP contribution is -2.48. The molecule has 0 aliphatic carbocycles. The fraction of sp³-hybridized carbons (Fsp3) is 0.538. The van der Waals surface area contributed by atoms with Crippen molar-refractivity contribution in [3.05, 3.63) is 28.6 Å². The number of thiophene rings is 1. The molecule has 1 saturated heterocycles. The molecule has 0 bridgehead atoms. The van der Waals surface area contributed by atoms with E-state index in [0.29, 0.717) is 41.8 Å². The van der Waals surface area contributed by atoms with Crippen molar-refractivity contribution in [3.63, 3.8) is 0 Å². The van der Waals surface area contributed by atoms with E-state index in [1.807, 2.05) is 11.5 Å². The molecule has 7 nitrogen and oxygen atoms in total. The molecule has 0 saturated carbocycles. The average molecular weight is 374 g/mol. The van der Waals surface area contributed by atoms with Crippen molar-refractivity contribution >= 4 is 33.6 Å². The predicted octanol–water partition coefficient (Wildman–Crippen LogP) is 1.46. The third-order valence-electron chi connectivity index (χ3n) is 3.89. The smallest absolute Gasteiger partial charge is 0.252 e. The van der Waals surface area contributed by atoms with E-state index in [1.165, 1.54) is 11.3 Å². The molecule has 3 rings (SSSR count). The van der Waals surface area contributed by atoms with Crippen LogP contribution in [0.4, 0.5) is 0 Å². The molecule has 2 aromatic rings. The molecule has 0 radical (unpaired) electrons. The Morgan fingerprint density at radius 1 is 1.30 bits per heavy atom. The number of sulfonamides is 1. The molecule has 0 atom stereocenters. The first-order valence-corrected chi connectivity index (χ1v) is 10.1. The van der Waals surface area contributed by atoms with E-state index in [1.54, 1.807) is 32.8 Å². The number of hydrogen-bond donors (Lipinski definition) is 0. The summed E-state index contributed by atoms with van der Waals surface area (Å²) in [7, 11) is -3.34. The second-order valence-corrected chi connectivity index (χ2v) is 8.77. The van der Waals surface area contributed by atoms with Gasteiger partial charge < -0.3 is 4.57 Å². The summed E-state index contributed by atoms with van der Waals surface area (Å²) in [5, 5.41) is 6.08. The topological polar surface area (TPSA) is 63.4 Å². The van der Waals surface area contributed by atoms with Gasteiger partial charge in [-0.1, -0.05) is 6.07 Å². The quantitative estimate of drug-likeness (QED) is 0.743. The molecule has 1 aliphatic rings. The van der Waals surface area contributed by atoms with Gasteiger partial charge in [-0.25, -0.2) is 13.1 Å². The lowest BCUT2D eigenvalue weighted by Gasteiger charge is -2.33. The molecular weight excluding hydrogens is 354 g/mol. The number of nitrogens with zero attached hydrogens (tertiary/aromatic N) is 5. The summed E-state index contributed by atoms with van der Waals surface area (Å²) in [6.45, 7) is 5.74. The minimum absolute atomic E-state index is 0.412. The van der Waals surface area contributed by atoms with Crippen molar-refractivity contribution in [2.45, 2.75) is 24.3 Å². The van der Waals surface area contributed by atoms with Crippen LogP contribution in [-0.4, -0.2) is 58.1 Å². The van der Waals surface area contributed by atoms with Gasteiger partial charge in [0.15, 0.2) is 4.77 Å². The largest absolute Gasteiger partial charge is 0.307 e. The van der Waals surface area contributed by atoms with E-state index in [4.69, 9.17) is 12.2 Å². The van der Waals surface area contributed by atoms with Gasteiger partial charge in [-0.3, -0.25) is 4.90 Å². The summed E-state index contributed by atoms with van der Waals surface area (Å²) in [6, 6.07) is 3.42. The van der Waals surface area contributed by atoms with Crippen LogP contribution in [0, 0.1) is 4.77 Å². The number of hydrogen-bond acceptors (Lipinski definition) is 6. The summed E-state index contributed by atoms with van der Waals surface area (Å²) in [4.78, 5) is 2.17. The van der Waals surface area contributed by atoms with E-state index < -0.39 is 10.0 Å². The van der Waals surface area contributed by atoms with Crippen LogP contribution >= 0.6 is 23.6 Å². The maximum atomic E-state index is 12.5. The third kappa shape index (κ3) is 3.41. The Kier molecular flexibility index (Phi) is 4.97. The van der Waals surface area contributed by atoms with Crippen LogP contribution < -0.4 is 0 Å². The maximum Gasteiger partial charge on any atom is 0.252 e. The minimum atomic E-state index is -3.34. The van der Waals surface area contributed by atoms with Crippen molar-refractivity contribution in [2.75, 3.05) is 26.2 Å². The molecule has 1 aliphatic heterocycles. The van der Waals surface area contributed by atoms with Crippen LogP contribution in [0.5, 0.6) is 0 Å². The maximum absolute atomic E-state index is 12.5. The minimum Gasteiger partial charge on any atom is -0.307 e. The second kappa shape index (κ2) is 6.81. The van der Waals surface area contributed by atoms with E-state index in [-0.39, 0.29) is 0 Å². The van der Waals surface area contributed by atoms with Gasteiger partial charge in [-0.15, -0.1) is 11.3 Å². The van der Waals surface area contributed by atoms with E-state index in [9.17, 15) is 8.42 Å². The van der Waals surface area contributed by atoms with Crippen LogP contribution in [0.15, 0.2) is 28.0 Å². The zero-order chi connectivity index (χ0) is 16.4. The molecular formula is C13H19N5O2S3. The Hall–Kier alpha value is -1.07. The summed E-state index contributed by atoms with van der Waals surface area (Å²) < 4.78 is 31.3. The second-order valence-electron chi connectivity index (χ2n) is 5.29. The Labute approximate surface area is 144 Å². The van der Waals surface area contributed by atoms with Gasteiger partial charge in [0.25, 0.3) is 10.0 Å². The molecule has 0 unspecified atom stereocenters. The first-order chi connectivity index (χ1) is 11.0. The van der Waals surface area contributed by atoms with Gasteiger partial charge in [0.2, 0.25) is 0 Å². The van der Waals surface area contributed by atoms with Crippen LogP contribution in [0.3, 0.4) is 0 Å². The van der Waals surface area contributed by atoms with Crippen LogP contribution in [0.2, 0.25) is 0 Å². The molecule has 1 fully saturated rings. The zero-order valence-corrected chi connectivity index (χ0v) is 15.3. The van der Waals surface area contributed by atoms with Gasteiger partial charge in [-0.2, -0.15) is 9.40 Å². The van der Waals surface area contributed by atoms with Gasteiger partial charge in [0.05, 0.1) is 6.67 Å². The van der Waals surface area contributed by atoms with Gasteiger partial charge in [-0.05, 0) is 30.6 Å². The van der Waals surface area contributed by atoms with E-state index in [0.717, 1.165) is 6.54 Å². The highest BCUT2D eigenvalue weighted by Gasteiger charge is 2.29. The summed E-state index contributed by atoms with van der Waals surface area (Å²) in [5.41, 5.74) is 0. The highest BCUT2D eigenvalue weighted by Crippen LogP contribution is 2.22. The Morgan fingerprint density at radius 3 is 2.61 bits per heavy atom. The summed E-state index contributed by atoms with van der Waals surface area (Å²) >= 11 is 6.62. The predicted molar refractivity (Wildman–Crippen MR) is 91.4 cm³/mol. The molecule has 23 heavy (non-hydrogen) atoms. The molecule has 0 amide bonds. The van der Waals surface area contributed by atoms with Crippen molar-refractivity contribution in [3.8, 4) is 0 Å². The number of aromatic nitrogens is 3. The normalized spacial score (nSPS) is 17.6. The first-order valence-electron chi connectivity index (χ1n) is 7.40. The average Bonchev–Trinajstić information content (AvgIpc) is 3.19. The molecule has 0 spiro atoms. The number of piperazine rings is 1. The van der Waals surface area contributed by atoms with Crippen molar-refractivity contribution in [1.29, 1.82) is 0 Å². The van der Waals surface area contributed by atoms with E-state index >= 15 is 0 Å². The summed E-state index contributed by atoms with van der Waals surface area (Å²) in [5.74, 6) is 0. The highest BCUT2D eigenvalue weighted by molar-refractivity contribution is 7.91. The summed E-state index contributed by atoms with van der Waals surface area (Å²) in [6.07, 6.45) is 1.74. The van der Waals surface area contributed by atoms with Crippen molar-refractivity contribution in [1.82, 2.24) is 23.6 Å². The van der Waals surface area contributed by atoms with Crippen LogP contribution in [0.1, 0.15) is 6.92 Å². The first kappa shape index (κ1) is 16.8. The Morgan fingerprint density at radius 2 is 2.04 bits per heavy atom. The van der Waals surface area contributed by atoms with Gasteiger partial charge in [0.1, 0.15) is 10.5 Å². The molecule has 126 valence electrons. The Balaban J connectivity index is 1.62. The lowest BCUT2D eigenvalue weighted by atomic mass is 10.4.